The Labute approximate surface area is 117 Å². The molecule has 0 fully saturated rings. The minimum atomic E-state index is -3.17. The summed E-state index contributed by atoms with van der Waals surface area (Å²) >= 11 is 3.33. The molecule has 102 valence electrons. The van der Waals surface area contributed by atoms with E-state index in [0.29, 0.717) is 12.2 Å². The van der Waals surface area contributed by atoms with Crippen molar-refractivity contribution in [2.24, 2.45) is 5.73 Å². The molecule has 0 bridgehead atoms. The molecule has 0 heterocycles. The number of methoxy groups -OCH3 is 1. The molecule has 0 radical (unpaired) electrons. The van der Waals surface area contributed by atoms with Gasteiger partial charge in [-0.2, -0.15) is 0 Å². The number of benzene rings is 1. The summed E-state index contributed by atoms with van der Waals surface area (Å²) in [6.07, 6.45) is 0.658. The molecule has 2 N–H and O–H groups in total. The Balaban J connectivity index is 2.81. The van der Waals surface area contributed by atoms with Crippen molar-refractivity contribution in [3.63, 3.8) is 0 Å². The van der Waals surface area contributed by atoms with Crippen LogP contribution >= 0.6 is 15.9 Å². The first-order valence-electron chi connectivity index (χ1n) is 5.66. The van der Waals surface area contributed by atoms with Crippen molar-refractivity contribution < 1.29 is 13.2 Å². The van der Waals surface area contributed by atoms with Crippen molar-refractivity contribution in [1.29, 1.82) is 0 Å². The third-order valence-electron chi connectivity index (χ3n) is 2.60. The van der Waals surface area contributed by atoms with E-state index in [1.54, 1.807) is 25.3 Å². The van der Waals surface area contributed by atoms with Crippen LogP contribution in [0.5, 0.6) is 5.75 Å². The van der Waals surface area contributed by atoms with E-state index in [-0.39, 0.29) is 17.5 Å². The molecule has 0 aliphatic heterocycles. The standard InChI is InChI=1S/C12H18BrNO3S/c1-3-10(14)8-18(15,16)7-9-4-5-12(17-2)11(13)6-9/h4-6,10H,3,7-8,14H2,1-2H3. The average molecular weight is 336 g/mol. The van der Waals surface area contributed by atoms with Crippen LogP contribution in [0.25, 0.3) is 0 Å². The van der Waals surface area contributed by atoms with Gasteiger partial charge in [0.25, 0.3) is 0 Å². The van der Waals surface area contributed by atoms with Gasteiger partial charge in [-0.05, 0) is 40.0 Å². The molecular formula is C12H18BrNO3S. The summed E-state index contributed by atoms with van der Waals surface area (Å²) in [6, 6.07) is 4.96. The molecule has 6 heteroatoms. The number of hydrogen-bond acceptors (Lipinski definition) is 4. The highest BCUT2D eigenvalue weighted by Crippen LogP contribution is 2.26. The molecule has 1 atom stereocenters. The second kappa shape index (κ2) is 6.54. The van der Waals surface area contributed by atoms with Crippen molar-refractivity contribution in [3.05, 3.63) is 28.2 Å². The van der Waals surface area contributed by atoms with E-state index in [9.17, 15) is 8.42 Å². The zero-order chi connectivity index (χ0) is 13.8. The lowest BCUT2D eigenvalue weighted by Crippen LogP contribution is -2.29. The maximum absolute atomic E-state index is 11.9. The largest absolute Gasteiger partial charge is 0.496 e. The summed E-state index contributed by atoms with van der Waals surface area (Å²) < 4.78 is 29.7. The lowest BCUT2D eigenvalue weighted by molar-refractivity contribution is 0.412. The SMILES string of the molecule is CCC(N)CS(=O)(=O)Cc1ccc(OC)c(Br)c1. The minimum absolute atomic E-state index is 0.00327. The van der Waals surface area contributed by atoms with E-state index in [2.05, 4.69) is 15.9 Å². The van der Waals surface area contributed by atoms with Crippen molar-refractivity contribution in [2.45, 2.75) is 25.1 Å². The monoisotopic (exact) mass is 335 g/mol. The van der Waals surface area contributed by atoms with Gasteiger partial charge in [0.1, 0.15) is 5.75 Å². The molecule has 1 rings (SSSR count). The fraction of sp³-hybridized carbons (Fsp3) is 0.500. The van der Waals surface area contributed by atoms with Crippen molar-refractivity contribution in [1.82, 2.24) is 0 Å². The van der Waals surface area contributed by atoms with E-state index in [1.165, 1.54) is 0 Å². The van der Waals surface area contributed by atoms with Crippen molar-refractivity contribution >= 4 is 25.8 Å². The highest BCUT2D eigenvalue weighted by Gasteiger charge is 2.16. The van der Waals surface area contributed by atoms with Gasteiger partial charge < -0.3 is 10.5 Å². The molecule has 0 saturated heterocycles. The Hall–Kier alpha value is -0.590. The summed E-state index contributed by atoms with van der Waals surface area (Å²) in [4.78, 5) is 0. The molecule has 0 aromatic heterocycles. The van der Waals surface area contributed by atoms with E-state index in [0.717, 1.165) is 10.0 Å². The molecule has 0 aliphatic carbocycles. The molecule has 0 spiro atoms. The van der Waals surface area contributed by atoms with Gasteiger partial charge in [0.05, 0.1) is 23.1 Å². The van der Waals surface area contributed by atoms with E-state index in [4.69, 9.17) is 10.5 Å². The van der Waals surface area contributed by atoms with E-state index >= 15 is 0 Å². The van der Waals surface area contributed by atoms with Crippen LogP contribution in [0, 0.1) is 0 Å². The lowest BCUT2D eigenvalue weighted by atomic mass is 10.2. The Bertz CT molecular complexity index is 502. The third kappa shape index (κ3) is 4.59. The topological polar surface area (TPSA) is 69.4 Å². The Kier molecular flexibility index (Phi) is 5.62. The van der Waals surface area contributed by atoms with Crippen molar-refractivity contribution in [2.75, 3.05) is 12.9 Å². The van der Waals surface area contributed by atoms with Crippen LogP contribution in [0.3, 0.4) is 0 Å². The highest BCUT2D eigenvalue weighted by molar-refractivity contribution is 9.10. The number of hydrogen-bond donors (Lipinski definition) is 1. The maximum atomic E-state index is 11.9. The van der Waals surface area contributed by atoms with Crippen LogP contribution in [0.15, 0.2) is 22.7 Å². The first kappa shape index (κ1) is 15.5. The summed E-state index contributed by atoms with van der Waals surface area (Å²) in [5, 5.41) is 0. The van der Waals surface area contributed by atoms with Gasteiger partial charge in [-0.3, -0.25) is 0 Å². The van der Waals surface area contributed by atoms with Gasteiger partial charge in [0.2, 0.25) is 0 Å². The summed E-state index contributed by atoms with van der Waals surface area (Å²) in [7, 11) is -1.60. The first-order valence-corrected chi connectivity index (χ1v) is 8.27. The van der Waals surface area contributed by atoms with Crippen LogP contribution in [0.2, 0.25) is 0 Å². The van der Waals surface area contributed by atoms with Gasteiger partial charge in [-0.15, -0.1) is 0 Å². The molecule has 0 amide bonds. The van der Waals surface area contributed by atoms with Gasteiger partial charge in [-0.1, -0.05) is 13.0 Å². The Morgan fingerprint density at radius 3 is 2.61 bits per heavy atom. The molecule has 1 unspecified atom stereocenters. The van der Waals surface area contributed by atoms with Crippen LogP contribution in [0.4, 0.5) is 0 Å². The van der Waals surface area contributed by atoms with Gasteiger partial charge in [-0.25, -0.2) is 8.42 Å². The molecule has 0 aliphatic rings. The molecular weight excluding hydrogens is 318 g/mol. The van der Waals surface area contributed by atoms with Crippen LogP contribution in [0.1, 0.15) is 18.9 Å². The second-order valence-electron chi connectivity index (χ2n) is 4.19. The fourth-order valence-corrected chi connectivity index (χ4v) is 3.84. The number of rotatable bonds is 6. The summed E-state index contributed by atoms with van der Waals surface area (Å²) in [5.74, 6) is 0.706. The lowest BCUT2D eigenvalue weighted by Gasteiger charge is -2.10. The first-order chi connectivity index (χ1) is 8.38. The zero-order valence-electron chi connectivity index (χ0n) is 10.5. The Morgan fingerprint density at radius 1 is 1.44 bits per heavy atom. The van der Waals surface area contributed by atoms with Gasteiger partial charge in [0, 0.05) is 6.04 Å². The van der Waals surface area contributed by atoms with Gasteiger partial charge in [0.15, 0.2) is 9.84 Å². The third-order valence-corrected chi connectivity index (χ3v) is 4.92. The van der Waals surface area contributed by atoms with Crippen LogP contribution in [-0.4, -0.2) is 27.3 Å². The minimum Gasteiger partial charge on any atom is -0.496 e. The van der Waals surface area contributed by atoms with Crippen LogP contribution in [-0.2, 0) is 15.6 Å². The average Bonchev–Trinajstić information content (AvgIpc) is 2.27. The van der Waals surface area contributed by atoms with E-state index < -0.39 is 9.84 Å². The Morgan fingerprint density at radius 2 is 2.11 bits per heavy atom. The highest BCUT2D eigenvalue weighted by atomic mass is 79.9. The van der Waals surface area contributed by atoms with Gasteiger partial charge >= 0.3 is 0 Å². The molecule has 18 heavy (non-hydrogen) atoms. The number of ether oxygens (including phenoxy) is 1. The van der Waals surface area contributed by atoms with E-state index in [1.807, 2.05) is 6.92 Å². The second-order valence-corrected chi connectivity index (χ2v) is 7.16. The number of nitrogens with two attached hydrogens (primary N) is 1. The predicted molar refractivity (Wildman–Crippen MR) is 76.5 cm³/mol. The smallest absolute Gasteiger partial charge is 0.155 e. The maximum Gasteiger partial charge on any atom is 0.155 e. The summed E-state index contributed by atoms with van der Waals surface area (Å²) in [5.41, 5.74) is 6.41. The predicted octanol–water partition coefficient (Wildman–Crippen LogP) is 2.11. The number of sulfone groups is 1. The molecule has 1 aromatic carbocycles. The number of halogens is 1. The fourth-order valence-electron chi connectivity index (χ4n) is 1.56. The summed E-state index contributed by atoms with van der Waals surface area (Å²) in [6.45, 7) is 1.88. The normalized spacial score (nSPS) is 13.3. The van der Waals surface area contributed by atoms with Crippen molar-refractivity contribution in [3.8, 4) is 5.75 Å². The molecule has 0 saturated carbocycles. The van der Waals surface area contributed by atoms with Crippen LogP contribution < -0.4 is 10.5 Å². The molecule has 4 nitrogen and oxygen atoms in total. The zero-order valence-corrected chi connectivity index (χ0v) is 12.9. The quantitative estimate of drug-likeness (QED) is 0.864. The molecule has 1 aromatic rings.